The SMILES string of the molecule is CC(C)(C)C1=CC(=C(c2cc(C(C)(C)C)c3ccc(C(C)(C)C)ccc2-3)c2cc(C(C)(C)C)c3ccc(C(C)(C)C)ccc2-3)C=C(C(C)(C)C)C1=O. The molecule has 0 saturated heterocycles. The maximum absolute atomic E-state index is 14.3. The average Bonchev–Trinajstić information content (AvgIpc) is 3.29. The highest BCUT2D eigenvalue weighted by Crippen LogP contribution is 2.51. The van der Waals surface area contributed by atoms with Crippen LogP contribution in [0.15, 0.2) is 89.5 Å². The molecule has 0 aromatic carbocycles. The molecule has 0 saturated carbocycles. The van der Waals surface area contributed by atoms with E-state index in [-0.39, 0.29) is 38.3 Å². The molecule has 0 aromatic heterocycles. The third-order valence-corrected chi connectivity index (χ3v) is 10.9. The minimum Gasteiger partial charge on any atom is -0.289 e. The van der Waals surface area contributed by atoms with Crippen molar-refractivity contribution in [1.29, 1.82) is 0 Å². The lowest BCUT2D eigenvalue weighted by Crippen LogP contribution is -2.28. The van der Waals surface area contributed by atoms with Crippen molar-refractivity contribution < 1.29 is 4.79 Å². The fourth-order valence-corrected chi connectivity index (χ4v) is 7.70. The highest BCUT2D eigenvalue weighted by Gasteiger charge is 2.37. The first-order valence-corrected chi connectivity index (χ1v) is 19.4. The van der Waals surface area contributed by atoms with E-state index >= 15 is 0 Å². The van der Waals surface area contributed by atoms with Gasteiger partial charge in [-0.3, -0.25) is 4.79 Å². The van der Waals surface area contributed by atoms with Crippen molar-refractivity contribution in [3.63, 3.8) is 0 Å². The molecule has 0 spiro atoms. The molecular weight excluding hydrogens is 629 g/mol. The fourth-order valence-electron chi connectivity index (χ4n) is 7.70. The summed E-state index contributed by atoms with van der Waals surface area (Å²) in [4.78, 5) is 14.3. The van der Waals surface area contributed by atoms with Crippen molar-refractivity contribution >= 4 is 11.4 Å². The van der Waals surface area contributed by atoms with E-state index in [0.29, 0.717) is 0 Å². The zero-order valence-corrected chi connectivity index (χ0v) is 35.8. The number of fused-ring (bicyclic) bond motifs is 2. The van der Waals surface area contributed by atoms with Crippen LogP contribution in [0.2, 0.25) is 0 Å². The van der Waals surface area contributed by atoms with Gasteiger partial charge in [0.05, 0.1) is 0 Å². The Bertz CT molecular complexity index is 1910. The molecule has 0 N–H and O–H groups in total. The van der Waals surface area contributed by atoms with Crippen LogP contribution in [-0.2, 0) is 26.5 Å². The van der Waals surface area contributed by atoms with Gasteiger partial charge in [0.1, 0.15) is 0 Å². The largest absolute Gasteiger partial charge is 0.289 e. The van der Waals surface area contributed by atoms with Crippen LogP contribution in [0.1, 0.15) is 158 Å². The number of ketones is 1. The van der Waals surface area contributed by atoms with Crippen LogP contribution in [0.5, 0.6) is 0 Å². The Morgan fingerprint density at radius 2 is 0.692 bits per heavy atom. The Morgan fingerprint density at radius 3 is 0.962 bits per heavy atom. The molecule has 5 rings (SSSR count). The van der Waals surface area contributed by atoms with Gasteiger partial charge in [-0.2, -0.15) is 0 Å². The van der Waals surface area contributed by atoms with Gasteiger partial charge in [-0.25, -0.2) is 0 Å². The highest BCUT2D eigenvalue weighted by atomic mass is 16.1. The molecule has 1 heteroatoms. The van der Waals surface area contributed by atoms with E-state index in [9.17, 15) is 4.79 Å². The van der Waals surface area contributed by atoms with Gasteiger partial charge < -0.3 is 0 Å². The summed E-state index contributed by atoms with van der Waals surface area (Å²) in [5.74, 6) is 0.163. The van der Waals surface area contributed by atoms with Gasteiger partial charge in [-0.15, -0.1) is 0 Å². The number of Topliss-reactive ketones (excluding diaryl/α,β-unsaturated/α-hetero) is 1. The fraction of sp³-hybridized carbons (Fsp3) is 0.471. The second kappa shape index (κ2) is 12.7. The lowest BCUT2D eigenvalue weighted by molar-refractivity contribution is -0.114. The first-order valence-electron chi connectivity index (χ1n) is 19.4. The third kappa shape index (κ3) is 7.53. The number of hydrogen-bond acceptors (Lipinski definition) is 1. The summed E-state index contributed by atoms with van der Waals surface area (Å²) in [6, 6.07) is 23.7. The minimum atomic E-state index is -0.324. The zero-order chi connectivity index (χ0) is 39.1. The lowest BCUT2D eigenvalue weighted by Gasteiger charge is -2.32. The topological polar surface area (TPSA) is 17.1 Å². The molecule has 0 radical (unpaired) electrons. The van der Waals surface area contributed by atoms with E-state index in [4.69, 9.17) is 0 Å². The van der Waals surface area contributed by atoms with Crippen LogP contribution in [0, 0.1) is 10.8 Å². The first-order chi connectivity index (χ1) is 23.5. The van der Waals surface area contributed by atoms with Gasteiger partial charge in [0.2, 0.25) is 0 Å². The first kappa shape index (κ1) is 39.5. The molecular formula is C51H66O. The number of rotatable bonds is 2. The Balaban J connectivity index is 2.08. The molecule has 5 aliphatic rings. The quantitative estimate of drug-likeness (QED) is 0.204. The summed E-state index contributed by atoms with van der Waals surface area (Å²) < 4.78 is 0. The summed E-state index contributed by atoms with van der Waals surface area (Å²) >= 11 is 0. The molecule has 0 amide bonds. The number of carbonyl (C=O) groups excluding carboxylic acids is 1. The van der Waals surface area contributed by atoms with E-state index in [1.165, 1.54) is 61.2 Å². The van der Waals surface area contributed by atoms with Crippen LogP contribution in [0.3, 0.4) is 0 Å². The third-order valence-electron chi connectivity index (χ3n) is 10.9. The van der Waals surface area contributed by atoms with Crippen LogP contribution in [0.4, 0.5) is 0 Å². The van der Waals surface area contributed by atoms with Gasteiger partial charge in [0.25, 0.3) is 0 Å². The Hall–Kier alpha value is -3.71. The Morgan fingerprint density at radius 1 is 0.385 bits per heavy atom. The van der Waals surface area contributed by atoms with Crippen molar-refractivity contribution in [2.45, 2.75) is 146 Å². The molecule has 0 atom stereocenters. The summed E-state index contributed by atoms with van der Waals surface area (Å²) in [6.07, 6.45) is 4.45. The average molecular weight is 695 g/mol. The molecule has 0 aromatic rings. The van der Waals surface area contributed by atoms with E-state index < -0.39 is 0 Å². The predicted molar refractivity (Wildman–Crippen MR) is 227 cm³/mol. The molecule has 5 aliphatic carbocycles. The number of hydrogen-bond donors (Lipinski definition) is 0. The predicted octanol–water partition coefficient (Wildman–Crippen LogP) is 14.4. The summed E-state index contributed by atoms with van der Waals surface area (Å²) in [5.41, 5.74) is 16.1. The van der Waals surface area contributed by atoms with Crippen molar-refractivity contribution in [2.75, 3.05) is 0 Å². The smallest absolute Gasteiger partial charge is 0.186 e. The van der Waals surface area contributed by atoms with E-state index in [1.807, 2.05) is 0 Å². The normalized spacial score (nSPS) is 15.3. The van der Waals surface area contributed by atoms with Gasteiger partial charge in [0, 0.05) is 11.1 Å². The number of carbonyl (C=O) groups is 1. The van der Waals surface area contributed by atoms with Gasteiger partial charge >= 0.3 is 0 Å². The van der Waals surface area contributed by atoms with Gasteiger partial charge in [-0.05, 0) is 124 Å². The molecule has 0 aliphatic heterocycles. The van der Waals surface area contributed by atoms with E-state index in [2.05, 4.69) is 197 Å². The van der Waals surface area contributed by atoms with E-state index in [0.717, 1.165) is 16.7 Å². The molecule has 52 heavy (non-hydrogen) atoms. The standard InChI is InChI=1S/C51H66O/c1-46(2,3)32-19-23-34-36(25-21-32)40(48(7,8)9)29-38(34)44(31-27-42(50(13,14)15)45(52)43(28-31)51(16,17)18)39-30-41(49(10,11)12)37-26-22-33(47(4,5)6)20-24-35(37)39/h19-30H,1-18H3. The van der Waals surface area contributed by atoms with Crippen molar-refractivity contribution in [1.82, 2.24) is 0 Å². The molecule has 0 unspecified atom stereocenters. The van der Waals surface area contributed by atoms with Crippen LogP contribution >= 0.6 is 0 Å². The minimum absolute atomic E-state index is 0.0151. The monoisotopic (exact) mass is 695 g/mol. The van der Waals surface area contributed by atoms with Gasteiger partial charge in [0.15, 0.2) is 5.78 Å². The maximum Gasteiger partial charge on any atom is 0.186 e. The lowest BCUT2D eigenvalue weighted by atomic mass is 9.71. The molecule has 0 bridgehead atoms. The maximum atomic E-state index is 14.3. The molecule has 0 heterocycles. The van der Waals surface area contributed by atoms with Crippen molar-refractivity contribution in [3.05, 3.63) is 123 Å². The molecule has 0 fully saturated rings. The summed E-state index contributed by atoms with van der Waals surface area (Å²) in [5, 5.41) is 0. The zero-order valence-electron chi connectivity index (χ0n) is 35.8. The summed E-state index contributed by atoms with van der Waals surface area (Å²) in [6.45, 7) is 40.7. The summed E-state index contributed by atoms with van der Waals surface area (Å²) in [7, 11) is 0. The van der Waals surface area contributed by atoms with Crippen LogP contribution in [0.25, 0.3) is 27.8 Å². The van der Waals surface area contributed by atoms with Crippen molar-refractivity contribution in [3.8, 4) is 22.3 Å². The molecule has 276 valence electrons. The van der Waals surface area contributed by atoms with Gasteiger partial charge in [-0.1, -0.05) is 173 Å². The highest BCUT2D eigenvalue weighted by molar-refractivity contribution is 6.13. The number of allylic oxidation sites excluding steroid dienone is 5. The second-order valence-electron chi connectivity index (χ2n) is 21.6. The van der Waals surface area contributed by atoms with E-state index in [1.54, 1.807) is 0 Å². The van der Waals surface area contributed by atoms with Crippen LogP contribution in [-0.4, -0.2) is 5.78 Å². The van der Waals surface area contributed by atoms with Crippen LogP contribution < -0.4 is 0 Å². The second-order valence-corrected chi connectivity index (χ2v) is 21.6. The molecule has 1 nitrogen and oxygen atoms in total. The van der Waals surface area contributed by atoms with Crippen molar-refractivity contribution in [2.24, 2.45) is 10.8 Å². The Kier molecular flexibility index (Phi) is 9.65. The Labute approximate surface area is 317 Å².